The molecule has 0 saturated carbocycles. The summed E-state index contributed by atoms with van der Waals surface area (Å²) in [6, 6.07) is 5.04. The molecule has 4 heteroatoms. The fraction of sp³-hybridized carbons (Fsp3) is 0.462. The molecule has 1 fully saturated rings. The van der Waals surface area contributed by atoms with Gasteiger partial charge in [0.05, 0.1) is 5.56 Å². The number of hydrogen-bond acceptors (Lipinski definition) is 2. The largest absolute Gasteiger partial charge is 0.398 e. The molecule has 92 valence electrons. The van der Waals surface area contributed by atoms with Gasteiger partial charge in [-0.3, -0.25) is 4.79 Å². The summed E-state index contributed by atoms with van der Waals surface area (Å²) < 4.78 is 0. The van der Waals surface area contributed by atoms with Crippen LogP contribution in [0.5, 0.6) is 0 Å². The Hall–Kier alpha value is -1.22. The molecular formula is C13H17ClN2O. The highest BCUT2D eigenvalue weighted by molar-refractivity contribution is 6.31. The van der Waals surface area contributed by atoms with Crippen molar-refractivity contribution in [1.29, 1.82) is 0 Å². The number of benzene rings is 1. The van der Waals surface area contributed by atoms with Crippen LogP contribution in [0.3, 0.4) is 0 Å². The summed E-state index contributed by atoms with van der Waals surface area (Å²) in [7, 11) is 0. The minimum Gasteiger partial charge on any atom is -0.398 e. The lowest BCUT2D eigenvalue weighted by Crippen LogP contribution is -2.29. The highest BCUT2D eigenvalue weighted by Crippen LogP contribution is 2.24. The number of carbonyl (C=O) groups excluding carboxylic acids is 1. The van der Waals surface area contributed by atoms with Gasteiger partial charge in [-0.2, -0.15) is 0 Å². The molecule has 1 amide bonds. The first-order chi connectivity index (χ1) is 8.11. The Balaban J connectivity index is 2.15. The number of rotatable bonds is 2. The van der Waals surface area contributed by atoms with E-state index in [1.54, 1.807) is 18.2 Å². The minimum absolute atomic E-state index is 0.0233. The maximum absolute atomic E-state index is 12.2. The van der Waals surface area contributed by atoms with Gasteiger partial charge >= 0.3 is 0 Å². The SMILES string of the molecule is CCC1CCN(C(=O)c2ccc(Cl)cc2N)C1. The highest BCUT2D eigenvalue weighted by atomic mass is 35.5. The van der Waals surface area contributed by atoms with Crippen molar-refractivity contribution in [3.8, 4) is 0 Å². The first-order valence-electron chi connectivity index (χ1n) is 5.96. The molecule has 1 unspecified atom stereocenters. The van der Waals surface area contributed by atoms with Crippen molar-refractivity contribution < 1.29 is 4.79 Å². The molecule has 1 aliphatic heterocycles. The molecule has 0 radical (unpaired) electrons. The molecule has 0 aliphatic carbocycles. The first kappa shape index (κ1) is 12.2. The third-order valence-electron chi connectivity index (χ3n) is 3.39. The Kier molecular flexibility index (Phi) is 3.57. The standard InChI is InChI=1S/C13H17ClN2O/c1-2-9-5-6-16(8-9)13(17)11-4-3-10(14)7-12(11)15/h3-4,7,9H,2,5-6,8,15H2,1H3. The van der Waals surface area contributed by atoms with Crippen LogP contribution in [0.25, 0.3) is 0 Å². The van der Waals surface area contributed by atoms with Gasteiger partial charge in [0.1, 0.15) is 0 Å². The molecule has 1 aromatic carbocycles. The van der Waals surface area contributed by atoms with Gasteiger partial charge in [0, 0.05) is 23.8 Å². The maximum Gasteiger partial charge on any atom is 0.255 e. The van der Waals surface area contributed by atoms with Crippen LogP contribution in [0.15, 0.2) is 18.2 Å². The predicted octanol–water partition coefficient (Wildman–Crippen LogP) is 2.79. The van der Waals surface area contributed by atoms with Crippen molar-refractivity contribution in [3.63, 3.8) is 0 Å². The molecule has 1 atom stereocenters. The molecular weight excluding hydrogens is 236 g/mol. The number of halogens is 1. The van der Waals surface area contributed by atoms with Crippen LogP contribution in [0.4, 0.5) is 5.69 Å². The Bertz CT molecular complexity index is 433. The van der Waals surface area contributed by atoms with Crippen molar-refractivity contribution in [2.45, 2.75) is 19.8 Å². The second-order valence-electron chi connectivity index (χ2n) is 4.55. The molecule has 1 aliphatic rings. The van der Waals surface area contributed by atoms with Gasteiger partial charge in [-0.05, 0) is 30.5 Å². The number of likely N-dealkylation sites (tertiary alicyclic amines) is 1. The van der Waals surface area contributed by atoms with Crippen molar-refractivity contribution in [3.05, 3.63) is 28.8 Å². The zero-order valence-electron chi connectivity index (χ0n) is 9.95. The van der Waals surface area contributed by atoms with E-state index in [1.807, 2.05) is 4.90 Å². The average Bonchev–Trinajstić information content (AvgIpc) is 2.76. The molecule has 2 rings (SSSR count). The molecule has 0 aromatic heterocycles. The smallest absolute Gasteiger partial charge is 0.255 e. The Morgan fingerprint density at radius 3 is 2.94 bits per heavy atom. The quantitative estimate of drug-likeness (QED) is 0.823. The van der Waals surface area contributed by atoms with Crippen molar-refractivity contribution in [1.82, 2.24) is 4.90 Å². The lowest BCUT2D eigenvalue weighted by Gasteiger charge is -2.17. The van der Waals surface area contributed by atoms with Crippen molar-refractivity contribution in [2.24, 2.45) is 5.92 Å². The summed E-state index contributed by atoms with van der Waals surface area (Å²) in [5.74, 6) is 0.655. The van der Waals surface area contributed by atoms with Gasteiger partial charge in [-0.25, -0.2) is 0 Å². The van der Waals surface area contributed by atoms with Crippen LogP contribution in [0.1, 0.15) is 30.1 Å². The van der Waals surface area contributed by atoms with Gasteiger partial charge in [-0.1, -0.05) is 24.9 Å². The molecule has 1 aromatic rings. The second kappa shape index (κ2) is 4.96. The number of anilines is 1. The van der Waals surface area contributed by atoms with E-state index in [-0.39, 0.29) is 5.91 Å². The molecule has 17 heavy (non-hydrogen) atoms. The van der Waals surface area contributed by atoms with Crippen molar-refractivity contribution >= 4 is 23.2 Å². The fourth-order valence-corrected chi connectivity index (χ4v) is 2.43. The summed E-state index contributed by atoms with van der Waals surface area (Å²) in [6.07, 6.45) is 2.22. The minimum atomic E-state index is 0.0233. The van der Waals surface area contributed by atoms with Crippen LogP contribution in [-0.2, 0) is 0 Å². The van der Waals surface area contributed by atoms with E-state index in [0.29, 0.717) is 22.2 Å². The van der Waals surface area contributed by atoms with E-state index in [1.165, 1.54) is 0 Å². The van der Waals surface area contributed by atoms with Crippen LogP contribution in [-0.4, -0.2) is 23.9 Å². The number of hydrogen-bond donors (Lipinski definition) is 1. The number of carbonyl (C=O) groups is 1. The van der Waals surface area contributed by atoms with Crippen molar-refractivity contribution in [2.75, 3.05) is 18.8 Å². The zero-order chi connectivity index (χ0) is 12.4. The van der Waals surface area contributed by atoms with Gasteiger partial charge in [0.15, 0.2) is 0 Å². The summed E-state index contributed by atoms with van der Waals surface area (Å²) in [6.45, 7) is 3.84. The number of nitrogens with two attached hydrogens (primary N) is 1. The van der Waals surface area contributed by atoms with E-state index in [9.17, 15) is 4.79 Å². The second-order valence-corrected chi connectivity index (χ2v) is 4.98. The van der Waals surface area contributed by atoms with Crippen LogP contribution >= 0.6 is 11.6 Å². The molecule has 2 N–H and O–H groups in total. The van der Waals surface area contributed by atoms with Crippen LogP contribution < -0.4 is 5.73 Å². The topological polar surface area (TPSA) is 46.3 Å². The summed E-state index contributed by atoms with van der Waals surface area (Å²) in [4.78, 5) is 14.1. The number of amides is 1. The number of nitrogen functional groups attached to an aromatic ring is 1. The Morgan fingerprint density at radius 1 is 1.59 bits per heavy atom. The average molecular weight is 253 g/mol. The lowest BCUT2D eigenvalue weighted by molar-refractivity contribution is 0.0788. The van der Waals surface area contributed by atoms with Crippen LogP contribution in [0.2, 0.25) is 5.02 Å². The third-order valence-corrected chi connectivity index (χ3v) is 3.63. The van der Waals surface area contributed by atoms with Gasteiger partial charge in [0.25, 0.3) is 5.91 Å². The molecule has 3 nitrogen and oxygen atoms in total. The normalized spacial score (nSPS) is 19.6. The predicted molar refractivity (Wildman–Crippen MR) is 70.2 cm³/mol. The molecule has 0 spiro atoms. The van der Waals surface area contributed by atoms with E-state index >= 15 is 0 Å². The third kappa shape index (κ3) is 2.55. The van der Waals surface area contributed by atoms with E-state index in [4.69, 9.17) is 17.3 Å². The van der Waals surface area contributed by atoms with E-state index in [0.717, 1.165) is 25.9 Å². The Labute approximate surface area is 107 Å². The van der Waals surface area contributed by atoms with Crippen LogP contribution in [0, 0.1) is 5.92 Å². The van der Waals surface area contributed by atoms with Gasteiger partial charge < -0.3 is 10.6 Å². The summed E-state index contributed by atoms with van der Waals surface area (Å²) in [5.41, 5.74) is 6.85. The highest BCUT2D eigenvalue weighted by Gasteiger charge is 2.26. The Morgan fingerprint density at radius 2 is 2.35 bits per heavy atom. The van der Waals surface area contributed by atoms with E-state index in [2.05, 4.69) is 6.92 Å². The zero-order valence-corrected chi connectivity index (χ0v) is 10.7. The van der Waals surface area contributed by atoms with Gasteiger partial charge in [0.2, 0.25) is 0 Å². The first-order valence-corrected chi connectivity index (χ1v) is 6.34. The molecule has 1 heterocycles. The summed E-state index contributed by atoms with van der Waals surface area (Å²) in [5, 5.41) is 0.562. The summed E-state index contributed by atoms with van der Waals surface area (Å²) >= 11 is 5.82. The molecule has 1 saturated heterocycles. The lowest BCUT2D eigenvalue weighted by atomic mass is 10.1. The fourth-order valence-electron chi connectivity index (χ4n) is 2.25. The number of nitrogens with zero attached hydrogens (tertiary/aromatic N) is 1. The maximum atomic E-state index is 12.2. The monoisotopic (exact) mass is 252 g/mol. The van der Waals surface area contributed by atoms with Gasteiger partial charge in [-0.15, -0.1) is 0 Å². The van der Waals surface area contributed by atoms with E-state index < -0.39 is 0 Å². The molecule has 0 bridgehead atoms.